The van der Waals surface area contributed by atoms with Crippen LogP contribution in [-0.4, -0.2) is 21.9 Å². The average Bonchev–Trinajstić information content (AvgIpc) is 3.00. The second-order valence-electron chi connectivity index (χ2n) is 5.09. The second-order valence-corrected chi connectivity index (χ2v) is 5.09. The first-order valence-electron chi connectivity index (χ1n) is 7.17. The summed E-state index contributed by atoms with van der Waals surface area (Å²) in [4.78, 5) is 4.06. The zero-order valence-corrected chi connectivity index (χ0v) is 12.8. The first-order valence-corrected chi connectivity index (χ1v) is 7.17. The van der Waals surface area contributed by atoms with E-state index in [1.165, 1.54) is 0 Å². The van der Waals surface area contributed by atoms with Gasteiger partial charge >= 0.3 is 0 Å². The van der Waals surface area contributed by atoms with Crippen molar-refractivity contribution in [3.05, 3.63) is 42.0 Å². The lowest BCUT2D eigenvalue weighted by Crippen LogP contribution is -2.30. The summed E-state index contributed by atoms with van der Waals surface area (Å²) in [6.45, 7) is 4.30. The van der Waals surface area contributed by atoms with Crippen LogP contribution in [0.2, 0.25) is 0 Å². The smallest absolute Gasteiger partial charge is 0.141 e. The van der Waals surface area contributed by atoms with E-state index >= 15 is 0 Å². The van der Waals surface area contributed by atoms with Gasteiger partial charge in [-0.2, -0.15) is 5.10 Å². The zero-order chi connectivity index (χ0) is 15.2. The number of hydrazine groups is 1. The highest BCUT2D eigenvalue weighted by atomic mass is 16.5. The Balaban J connectivity index is 2.17. The van der Waals surface area contributed by atoms with Crippen LogP contribution in [0.25, 0.3) is 0 Å². The predicted molar refractivity (Wildman–Crippen MR) is 81.8 cm³/mol. The van der Waals surface area contributed by atoms with E-state index in [4.69, 9.17) is 10.6 Å². The molecule has 2 aromatic heterocycles. The van der Waals surface area contributed by atoms with E-state index in [1.54, 1.807) is 19.5 Å². The summed E-state index contributed by atoms with van der Waals surface area (Å²) in [6.07, 6.45) is 7.19. The van der Waals surface area contributed by atoms with Crippen molar-refractivity contribution in [2.24, 2.45) is 5.84 Å². The van der Waals surface area contributed by atoms with Crippen molar-refractivity contribution in [3.8, 4) is 5.75 Å². The molecule has 114 valence electrons. The lowest BCUT2D eigenvalue weighted by Gasteiger charge is -2.17. The van der Waals surface area contributed by atoms with E-state index in [1.807, 2.05) is 23.0 Å². The second kappa shape index (κ2) is 7.19. The molecule has 0 saturated carbocycles. The zero-order valence-electron chi connectivity index (χ0n) is 12.8. The number of nitrogens with zero attached hydrogens (tertiary/aromatic N) is 3. The van der Waals surface area contributed by atoms with Crippen LogP contribution in [0.4, 0.5) is 0 Å². The number of ether oxygens (including phenoxy) is 1. The number of aromatic nitrogens is 3. The van der Waals surface area contributed by atoms with Gasteiger partial charge in [-0.15, -0.1) is 0 Å². The van der Waals surface area contributed by atoms with Crippen LogP contribution in [0.15, 0.2) is 30.7 Å². The maximum absolute atomic E-state index is 5.71. The Morgan fingerprint density at radius 3 is 2.90 bits per heavy atom. The molecule has 21 heavy (non-hydrogen) atoms. The van der Waals surface area contributed by atoms with Crippen molar-refractivity contribution in [1.82, 2.24) is 20.2 Å². The van der Waals surface area contributed by atoms with Crippen LogP contribution in [-0.2, 0) is 6.42 Å². The average molecular weight is 289 g/mol. The van der Waals surface area contributed by atoms with E-state index in [0.717, 1.165) is 23.4 Å². The van der Waals surface area contributed by atoms with E-state index in [2.05, 4.69) is 29.4 Å². The minimum absolute atomic E-state index is 0.0665. The standard InChI is InChI=1S/C15H23N5O/c1-4-11(2)20-8-6-12(19-20)9-14(18-16)13-5-7-17-10-15(13)21-3/h5-8,10-11,14,18H,4,9,16H2,1-3H3. The number of pyridine rings is 1. The molecule has 0 radical (unpaired) electrons. The maximum Gasteiger partial charge on any atom is 0.141 e. The van der Waals surface area contributed by atoms with Crippen molar-refractivity contribution >= 4 is 0 Å². The summed E-state index contributed by atoms with van der Waals surface area (Å²) < 4.78 is 7.34. The lowest BCUT2D eigenvalue weighted by atomic mass is 10.0. The van der Waals surface area contributed by atoms with Crippen LogP contribution in [0.3, 0.4) is 0 Å². The Labute approximate surface area is 125 Å². The molecule has 2 aromatic rings. The van der Waals surface area contributed by atoms with Crippen molar-refractivity contribution in [1.29, 1.82) is 0 Å². The molecule has 2 atom stereocenters. The lowest BCUT2D eigenvalue weighted by molar-refractivity contribution is 0.396. The van der Waals surface area contributed by atoms with Gasteiger partial charge in [-0.3, -0.25) is 20.9 Å². The number of methoxy groups -OCH3 is 1. The molecule has 0 aliphatic heterocycles. The van der Waals surface area contributed by atoms with Crippen molar-refractivity contribution in [2.75, 3.05) is 7.11 Å². The Hall–Kier alpha value is -1.92. The fraction of sp³-hybridized carbons (Fsp3) is 0.467. The predicted octanol–water partition coefficient (Wildman–Crippen LogP) is 2.00. The third-order valence-corrected chi connectivity index (χ3v) is 3.73. The normalized spacial score (nSPS) is 13.9. The number of nitrogens with one attached hydrogen (secondary N) is 1. The van der Waals surface area contributed by atoms with Crippen molar-refractivity contribution < 1.29 is 4.74 Å². The van der Waals surface area contributed by atoms with Gasteiger partial charge in [-0.1, -0.05) is 6.92 Å². The Morgan fingerprint density at radius 2 is 2.24 bits per heavy atom. The molecule has 0 aromatic carbocycles. The molecule has 0 aliphatic carbocycles. The summed E-state index contributed by atoms with van der Waals surface area (Å²) >= 11 is 0. The fourth-order valence-corrected chi connectivity index (χ4v) is 2.24. The first-order chi connectivity index (χ1) is 10.2. The SMILES string of the molecule is CCC(C)n1ccc(CC(NN)c2ccncc2OC)n1. The highest BCUT2D eigenvalue weighted by Crippen LogP contribution is 2.25. The minimum atomic E-state index is -0.0665. The minimum Gasteiger partial charge on any atom is -0.495 e. The number of hydrogen-bond acceptors (Lipinski definition) is 5. The van der Waals surface area contributed by atoms with Crippen molar-refractivity contribution in [3.63, 3.8) is 0 Å². The van der Waals surface area contributed by atoms with Gasteiger partial charge in [0, 0.05) is 30.4 Å². The van der Waals surface area contributed by atoms with Gasteiger partial charge in [0.25, 0.3) is 0 Å². The number of nitrogens with two attached hydrogens (primary N) is 1. The van der Waals surface area contributed by atoms with Gasteiger partial charge < -0.3 is 4.74 Å². The summed E-state index contributed by atoms with van der Waals surface area (Å²) in [7, 11) is 1.63. The van der Waals surface area contributed by atoms with Gasteiger partial charge in [0.1, 0.15) is 5.75 Å². The monoisotopic (exact) mass is 289 g/mol. The molecule has 6 heteroatoms. The molecule has 2 unspecified atom stereocenters. The molecule has 6 nitrogen and oxygen atoms in total. The van der Waals surface area contributed by atoms with Crippen LogP contribution in [0.5, 0.6) is 5.75 Å². The molecule has 0 saturated heterocycles. The van der Waals surface area contributed by atoms with E-state index in [0.29, 0.717) is 12.5 Å². The number of rotatable bonds is 7. The summed E-state index contributed by atoms with van der Waals surface area (Å²) in [5.74, 6) is 6.43. The molecule has 0 aliphatic rings. The molecular weight excluding hydrogens is 266 g/mol. The van der Waals surface area contributed by atoms with E-state index in [-0.39, 0.29) is 6.04 Å². The maximum atomic E-state index is 5.71. The summed E-state index contributed by atoms with van der Waals surface area (Å²) in [5.41, 5.74) is 4.81. The van der Waals surface area contributed by atoms with Gasteiger partial charge in [0.15, 0.2) is 0 Å². The molecule has 0 spiro atoms. The topological polar surface area (TPSA) is 78.0 Å². The quantitative estimate of drug-likeness (QED) is 0.602. The molecular formula is C15H23N5O. The van der Waals surface area contributed by atoms with Crippen LogP contribution in [0.1, 0.15) is 43.6 Å². The molecule has 0 bridgehead atoms. The Morgan fingerprint density at radius 1 is 1.43 bits per heavy atom. The molecule has 3 N–H and O–H groups in total. The molecule has 0 fully saturated rings. The Kier molecular flexibility index (Phi) is 5.30. The summed E-state index contributed by atoms with van der Waals surface area (Å²) in [5, 5.41) is 4.61. The third-order valence-electron chi connectivity index (χ3n) is 3.73. The van der Waals surface area contributed by atoms with Crippen LogP contribution >= 0.6 is 0 Å². The molecule has 2 rings (SSSR count). The molecule has 2 heterocycles. The van der Waals surface area contributed by atoms with Gasteiger partial charge in [0.2, 0.25) is 0 Å². The highest BCUT2D eigenvalue weighted by Gasteiger charge is 2.17. The first kappa shape index (κ1) is 15.5. The highest BCUT2D eigenvalue weighted by molar-refractivity contribution is 5.33. The van der Waals surface area contributed by atoms with Gasteiger partial charge in [-0.05, 0) is 25.5 Å². The number of hydrogen-bond donors (Lipinski definition) is 2. The van der Waals surface area contributed by atoms with Crippen LogP contribution in [0, 0.1) is 0 Å². The third kappa shape index (κ3) is 3.59. The van der Waals surface area contributed by atoms with Crippen LogP contribution < -0.4 is 16.0 Å². The molecule has 0 amide bonds. The largest absolute Gasteiger partial charge is 0.495 e. The Bertz CT molecular complexity index is 569. The van der Waals surface area contributed by atoms with Gasteiger partial charge in [-0.25, -0.2) is 0 Å². The van der Waals surface area contributed by atoms with Crippen molar-refractivity contribution in [2.45, 2.75) is 38.8 Å². The van der Waals surface area contributed by atoms with Gasteiger partial charge in [0.05, 0.1) is 25.0 Å². The van der Waals surface area contributed by atoms with E-state index < -0.39 is 0 Å². The fourth-order valence-electron chi connectivity index (χ4n) is 2.24. The van der Waals surface area contributed by atoms with E-state index in [9.17, 15) is 0 Å². The summed E-state index contributed by atoms with van der Waals surface area (Å²) in [6, 6.07) is 4.28.